The van der Waals surface area contributed by atoms with Gasteiger partial charge in [0.05, 0.1) is 5.75 Å². The first-order valence-electron chi connectivity index (χ1n) is 6.82. The maximum absolute atomic E-state index is 12.0. The zero-order valence-electron chi connectivity index (χ0n) is 11.3. The van der Waals surface area contributed by atoms with E-state index in [1.54, 1.807) is 11.3 Å². The molecule has 2 N–H and O–H groups in total. The van der Waals surface area contributed by atoms with Crippen molar-refractivity contribution in [2.45, 2.75) is 44.7 Å². The smallest absolute Gasteiger partial charge is 0.212 e. The Labute approximate surface area is 119 Å². The summed E-state index contributed by atoms with van der Waals surface area (Å²) in [6.07, 6.45) is 4.20. The predicted octanol–water partition coefficient (Wildman–Crippen LogP) is 2.26. The van der Waals surface area contributed by atoms with Gasteiger partial charge in [0.1, 0.15) is 0 Å². The fraction of sp³-hybridized carbons (Fsp3) is 0.692. The Kier molecular flexibility index (Phi) is 5.38. The molecule has 0 aliphatic carbocycles. The molecule has 1 saturated heterocycles. The van der Waals surface area contributed by atoms with E-state index < -0.39 is 10.0 Å². The van der Waals surface area contributed by atoms with E-state index in [-0.39, 0.29) is 11.8 Å². The average Bonchev–Trinajstić information content (AvgIpc) is 2.91. The van der Waals surface area contributed by atoms with Crippen LogP contribution in [-0.2, 0) is 10.0 Å². The summed E-state index contributed by atoms with van der Waals surface area (Å²) in [5, 5.41) is 7.33. The number of piperidine rings is 1. The molecule has 4 nitrogen and oxygen atoms in total. The van der Waals surface area contributed by atoms with Crippen LogP contribution in [0.3, 0.4) is 0 Å². The van der Waals surface area contributed by atoms with Crippen LogP contribution < -0.4 is 10.0 Å². The van der Waals surface area contributed by atoms with Gasteiger partial charge < -0.3 is 5.32 Å². The van der Waals surface area contributed by atoms with Gasteiger partial charge in [-0.3, -0.25) is 0 Å². The third kappa shape index (κ3) is 4.87. The molecule has 19 heavy (non-hydrogen) atoms. The van der Waals surface area contributed by atoms with E-state index in [0.29, 0.717) is 12.5 Å². The van der Waals surface area contributed by atoms with E-state index in [4.69, 9.17) is 0 Å². The zero-order chi connectivity index (χ0) is 13.7. The van der Waals surface area contributed by atoms with E-state index in [1.807, 2.05) is 23.8 Å². The van der Waals surface area contributed by atoms with Gasteiger partial charge in [-0.15, -0.1) is 0 Å². The Balaban J connectivity index is 1.81. The van der Waals surface area contributed by atoms with Crippen molar-refractivity contribution in [3.05, 3.63) is 22.4 Å². The molecule has 0 radical (unpaired) electrons. The number of rotatable bonds is 6. The van der Waals surface area contributed by atoms with E-state index in [0.717, 1.165) is 18.5 Å². The van der Waals surface area contributed by atoms with Crippen LogP contribution >= 0.6 is 11.3 Å². The van der Waals surface area contributed by atoms with Crippen molar-refractivity contribution in [1.82, 2.24) is 10.0 Å². The van der Waals surface area contributed by atoms with Gasteiger partial charge >= 0.3 is 0 Å². The lowest BCUT2D eigenvalue weighted by atomic mass is 10.0. The number of nitrogens with one attached hydrogen (secondary N) is 2. The maximum Gasteiger partial charge on any atom is 0.212 e. The van der Waals surface area contributed by atoms with Crippen LogP contribution in [0.4, 0.5) is 0 Å². The van der Waals surface area contributed by atoms with E-state index in [1.165, 1.54) is 12.8 Å². The van der Waals surface area contributed by atoms with Gasteiger partial charge in [0.25, 0.3) is 0 Å². The fourth-order valence-electron chi connectivity index (χ4n) is 2.39. The molecule has 0 aromatic carbocycles. The quantitative estimate of drug-likeness (QED) is 0.847. The SMILES string of the molecule is CC(NS(=O)(=O)CCC1CCCCN1)c1ccsc1. The Morgan fingerprint density at radius 2 is 2.37 bits per heavy atom. The summed E-state index contributed by atoms with van der Waals surface area (Å²) in [6.45, 7) is 2.90. The highest BCUT2D eigenvalue weighted by Gasteiger charge is 2.19. The Morgan fingerprint density at radius 1 is 1.53 bits per heavy atom. The second kappa shape index (κ2) is 6.83. The van der Waals surface area contributed by atoms with Crippen molar-refractivity contribution in [2.24, 2.45) is 0 Å². The van der Waals surface area contributed by atoms with Crippen molar-refractivity contribution in [3.8, 4) is 0 Å². The van der Waals surface area contributed by atoms with Crippen molar-refractivity contribution in [3.63, 3.8) is 0 Å². The van der Waals surface area contributed by atoms with Gasteiger partial charge in [-0.05, 0) is 55.1 Å². The Bertz CT molecular complexity index is 465. The van der Waals surface area contributed by atoms with Crippen LogP contribution in [0.2, 0.25) is 0 Å². The second-order valence-electron chi connectivity index (χ2n) is 5.15. The third-order valence-electron chi connectivity index (χ3n) is 3.55. The van der Waals surface area contributed by atoms with Crippen LogP contribution in [0.1, 0.15) is 44.2 Å². The molecule has 2 rings (SSSR count). The molecule has 6 heteroatoms. The van der Waals surface area contributed by atoms with Crippen LogP contribution in [-0.4, -0.2) is 26.8 Å². The summed E-state index contributed by atoms with van der Waals surface area (Å²) in [7, 11) is -3.19. The molecule has 2 unspecified atom stereocenters. The lowest BCUT2D eigenvalue weighted by molar-refractivity contribution is 0.392. The van der Waals surface area contributed by atoms with Crippen LogP contribution in [0.15, 0.2) is 16.8 Å². The molecule has 2 heterocycles. The van der Waals surface area contributed by atoms with Crippen molar-refractivity contribution < 1.29 is 8.42 Å². The molecule has 0 amide bonds. The molecule has 0 spiro atoms. The number of hydrogen-bond acceptors (Lipinski definition) is 4. The minimum atomic E-state index is -3.19. The van der Waals surface area contributed by atoms with E-state index in [2.05, 4.69) is 10.0 Å². The number of sulfonamides is 1. The van der Waals surface area contributed by atoms with Gasteiger partial charge in [0, 0.05) is 12.1 Å². The van der Waals surface area contributed by atoms with Crippen LogP contribution in [0.25, 0.3) is 0 Å². The van der Waals surface area contributed by atoms with E-state index in [9.17, 15) is 8.42 Å². The summed E-state index contributed by atoms with van der Waals surface area (Å²) in [5.41, 5.74) is 1.03. The average molecular weight is 302 g/mol. The molecule has 1 aliphatic heterocycles. The first-order chi connectivity index (χ1) is 9.07. The molecule has 1 aromatic heterocycles. The van der Waals surface area contributed by atoms with Gasteiger partial charge in [0.15, 0.2) is 0 Å². The highest BCUT2D eigenvalue weighted by molar-refractivity contribution is 7.89. The molecule has 0 saturated carbocycles. The van der Waals surface area contributed by atoms with Crippen molar-refractivity contribution >= 4 is 21.4 Å². The molecule has 0 bridgehead atoms. The number of thiophene rings is 1. The summed E-state index contributed by atoms with van der Waals surface area (Å²) < 4.78 is 26.8. The summed E-state index contributed by atoms with van der Waals surface area (Å²) in [5.74, 6) is 0.207. The Hall–Kier alpha value is -0.430. The molecule has 1 aromatic rings. The molecular formula is C13H22N2O2S2. The second-order valence-corrected chi connectivity index (χ2v) is 7.80. The lowest BCUT2D eigenvalue weighted by Crippen LogP contribution is -2.37. The largest absolute Gasteiger partial charge is 0.314 e. The summed E-state index contributed by atoms with van der Waals surface area (Å²) >= 11 is 1.59. The highest BCUT2D eigenvalue weighted by atomic mass is 32.2. The molecule has 2 atom stereocenters. The van der Waals surface area contributed by atoms with Crippen molar-refractivity contribution in [2.75, 3.05) is 12.3 Å². The third-order valence-corrected chi connectivity index (χ3v) is 5.73. The highest BCUT2D eigenvalue weighted by Crippen LogP contribution is 2.17. The van der Waals surface area contributed by atoms with Crippen molar-refractivity contribution in [1.29, 1.82) is 0 Å². The minimum Gasteiger partial charge on any atom is -0.314 e. The van der Waals surface area contributed by atoms with Crippen LogP contribution in [0, 0.1) is 0 Å². The standard InChI is InChI=1S/C13H22N2O2S2/c1-11(12-5-8-18-10-12)15-19(16,17)9-6-13-4-2-3-7-14-13/h5,8,10-11,13-15H,2-4,6-7,9H2,1H3. The van der Waals surface area contributed by atoms with Gasteiger partial charge in [-0.25, -0.2) is 13.1 Å². The fourth-order valence-corrected chi connectivity index (χ4v) is 4.53. The molecular weight excluding hydrogens is 280 g/mol. The Morgan fingerprint density at radius 3 is 3.00 bits per heavy atom. The monoisotopic (exact) mass is 302 g/mol. The predicted molar refractivity (Wildman–Crippen MR) is 79.9 cm³/mol. The maximum atomic E-state index is 12.0. The molecule has 1 fully saturated rings. The van der Waals surface area contributed by atoms with Crippen LogP contribution in [0.5, 0.6) is 0 Å². The first kappa shape index (κ1) is 15.0. The summed E-state index contributed by atoms with van der Waals surface area (Å²) in [6, 6.07) is 2.18. The van der Waals surface area contributed by atoms with Gasteiger partial charge in [-0.1, -0.05) is 6.42 Å². The molecule has 1 aliphatic rings. The first-order valence-corrected chi connectivity index (χ1v) is 9.42. The zero-order valence-corrected chi connectivity index (χ0v) is 12.9. The number of hydrogen-bond donors (Lipinski definition) is 2. The summed E-state index contributed by atoms with van der Waals surface area (Å²) in [4.78, 5) is 0. The van der Waals surface area contributed by atoms with Gasteiger partial charge in [0.2, 0.25) is 10.0 Å². The normalized spacial score (nSPS) is 22.3. The molecule has 108 valence electrons. The lowest BCUT2D eigenvalue weighted by Gasteiger charge is -2.23. The minimum absolute atomic E-state index is 0.143. The van der Waals surface area contributed by atoms with E-state index >= 15 is 0 Å². The topological polar surface area (TPSA) is 58.2 Å². The van der Waals surface area contributed by atoms with Gasteiger partial charge in [-0.2, -0.15) is 11.3 Å².